The first-order valence-corrected chi connectivity index (χ1v) is 8.60. The molecule has 0 bridgehead atoms. The Morgan fingerprint density at radius 3 is 2.61 bits per heavy atom. The average molecular weight is 329 g/mol. The maximum Gasteiger partial charge on any atom is 0.309 e. The van der Waals surface area contributed by atoms with E-state index in [0.717, 1.165) is 6.54 Å². The number of hydrogen-bond acceptors (Lipinski definition) is 6. The lowest BCUT2D eigenvalue weighted by Gasteiger charge is -2.39. The summed E-state index contributed by atoms with van der Waals surface area (Å²) in [5.74, 6) is -0.272. The van der Waals surface area contributed by atoms with Gasteiger partial charge in [-0.15, -0.1) is 0 Å². The van der Waals surface area contributed by atoms with E-state index in [4.69, 9.17) is 9.47 Å². The van der Waals surface area contributed by atoms with Gasteiger partial charge in [-0.3, -0.25) is 9.69 Å². The summed E-state index contributed by atoms with van der Waals surface area (Å²) in [6, 6.07) is 0. The van der Waals surface area contributed by atoms with Gasteiger partial charge in [0, 0.05) is 19.6 Å². The van der Waals surface area contributed by atoms with Gasteiger partial charge in [-0.1, -0.05) is 0 Å². The molecule has 2 rings (SSSR count). The van der Waals surface area contributed by atoms with Crippen molar-refractivity contribution in [2.24, 2.45) is 5.92 Å². The highest BCUT2D eigenvalue weighted by Gasteiger charge is 2.38. The predicted molar refractivity (Wildman–Crippen MR) is 86.0 cm³/mol. The zero-order valence-corrected chi connectivity index (χ0v) is 14.6. The van der Waals surface area contributed by atoms with Gasteiger partial charge in [-0.25, -0.2) is 0 Å². The molecule has 2 fully saturated rings. The normalized spacial score (nSPS) is 34.0. The van der Waals surface area contributed by atoms with E-state index >= 15 is 0 Å². The molecule has 134 valence electrons. The Morgan fingerprint density at radius 2 is 2.00 bits per heavy atom. The molecule has 0 spiro atoms. The van der Waals surface area contributed by atoms with E-state index in [2.05, 4.69) is 4.90 Å². The number of aliphatic hydroxyl groups is 2. The number of esters is 1. The van der Waals surface area contributed by atoms with Crippen LogP contribution in [0.3, 0.4) is 0 Å². The highest BCUT2D eigenvalue weighted by atomic mass is 16.6. The fourth-order valence-electron chi connectivity index (χ4n) is 3.35. The Hall–Kier alpha value is -0.690. The van der Waals surface area contributed by atoms with Crippen molar-refractivity contribution in [3.8, 4) is 0 Å². The third kappa shape index (κ3) is 6.03. The molecule has 1 saturated heterocycles. The molecule has 1 atom stereocenters. The van der Waals surface area contributed by atoms with Crippen LogP contribution in [0.15, 0.2) is 0 Å². The summed E-state index contributed by atoms with van der Waals surface area (Å²) in [6.07, 6.45) is 1.98. The van der Waals surface area contributed by atoms with E-state index in [1.54, 1.807) is 0 Å². The summed E-state index contributed by atoms with van der Waals surface area (Å²) in [6.45, 7) is 8.31. The first-order valence-electron chi connectivity index (χ1n) is 8.60. The molecule has 0 amide bonds. The maximum atomic E-state index is 12.1. The van der Waals surface area contributed by atoms with Crippen LogP contribution in [0, 0.1) is 5.92 Å². The van der Waals surface area contributed by atoms with Gasteiger partial charge < -0.3 is 19.7 Å². The molecule has 1 unspecified atom stereocenters. The van der Waals surface area contributed by atoms with Crippen LogP contribution in [0.4, 0.5) is 0 Å². The third-order valence-corrected chi connectivity index (χ3v) is 4.51. The van der Waals surface area contributed by atoms with Crippen molar-refractivity contribution in [1.29, 1.82) is 0 Å². The highest BCUT2D eigenvalue weighted by molar-refractivity contribution is 5.73. The molecule has 1 aliphatic heterocycles. The molecular weight excluding hydrogens is 298 g/mol. The number of nitrogens with zero attached hydrogens (tertiary/aromatic N) is 1. The van der Waals surface area contributed by atoms with Gasteiger partial charge >= 0.3 is 5.97 Å². The van der Waals surface area contributed by atoms with Gasteiger partial charge in [0.05, 0.1) is 30.8 Å². The molecule has 23 heavy (non-hydrogen) atoms. The topological polar surface area (TPSA) is 79.2 Å². The monoisotopic (exact) mass is 329 g/mol. The van der Waals surface area contributed by atoms with Crippen molar-refractivity contribution in [3.05, 3.63) is 0 Å². The lowest BCUT2D eigenvalue weighted by molar-refractivity contribution is -0.163. The zero-order chi connectivity index (χ0) is 17.1. The van der Waals surface area contributed by atoms with Gasteiger partial charge in [0.25, 0.3) is 0 Å². The minimum absolute atomic E-state index is 0.118. The molecule has 1 heterocycles. The highest BCUT2D eigenvalue weighted by Crippen LogP contribution is 2.34. The van der Waals surface area contributed by atoms with Crippen molar-refractivity contribution in [3.63, 3.8) is 0 Å². The van der Waals surface area contributed by atoms with Crippen LogP contribution in [-0.2, 0) is 14.3 Å². The van der Waals surface area contributed by atoms with Gasteiger partial charge in [0.2, 0.25) is 0 Å². The number of carbonyl (C=O) groups is 1. The maximum absolute atomic E-state index is 12.1. The second-order valence-electron chi connectivity index (χ2n) is 8.00. The quantitative estimate of drug-likeness (QED) is 0.750. The Labute approximate surface area is 138 Å². The fourth-order valence-corrected chi connectivity index (χ4v) is 3.35. The number of β-amino-alcohol motifs (C(OH)–C–C–N with tert-alkyl or cyclic N) is 2. The Morgan fingerprint density at radius 1 is 1.35 bits per heavy atom. The molecule has 2 N–H and O–H groups in total. The number of rotatable bonds is 3. The minimum atomic E-state index is -0.789. The summed E-state index contributed by atoms with van der Waals surface area (Å²) in [5.41, 5.74) is -1.25. The Kier molecular flexibility index (Phi) is 6.05. The number of hydrogen-bond donors (Lipinski definition) is 2. The SMILES string of the molecule is CC(C)(C)OC(=O)C1CCC(O)(CN2CCOCC(O)C2)CC1. The van der Waals surface area contributed by atoms with Crippen molar-refractivity contribution in [1.82, 2.24) is 4.90 Å². The molecule has 0 aromatic carbocycles. The van der Waals surface area contributed by atoms with E-state index in [0.29, 0.717) is 52.0 Å². The van der Waals surface area contributed by atoms with E-state index < -0.39 is 17.3 Å². The molecule has 1 aliphatic carbocycles. The van der Waals surface area contributed by atoms with Crippen LogP contribution in [0.1, 0.15) is 46.5 Å². The zero-order valence-electron chi connectivity index (χ0n) is 14.6. The van der Waals surface area contributed by atoms with Gasteiger partial charge in [0.15, 0.2) is 0 Å². The third-order valence-electron chi connectivity index (χ3n) is 4.51. The van der Waals surface area contributed by atoms with Crippen molar-refractivity contribution in [2.45, 2.75) is 63.8 Å². The van der Waals surface area contributed by atoms with Crippen molar-refractivity contribution >= 4 is 5.97 Å². The van der Waals surface area contributed by atoms with E-state index in [1.807, 2.05) is 20.8 Å². The molecule has 1 saturated carbocycles. The Balaban J connectivity index is 1.83. The summed E-state index contributed by atoms with van der Waals surface area (Å²) in [4.78, 5) is 14.2. The van der Waals surface area contributed by atoms with Crippen molar-refractivity contribution in [2.75, 3.05) is 32.8 Å². The molecule has 6 nitrogen and oxygen atoms in total. The van der Waals surface area contributed by atoms with Gasteiger partial charge in [-0.2, -0.15) is 0 Å². The van der Waals surface area contributed by atoms with Crippen LogP contribution in [-0.4, -0.2) is 71.2 Å². The second-order valence-corrected chi connectivity index (χ2v) is 8.00. The molecule has 0 aromatic rings. The number of aliphatic hydroxyl groups excluding tert-OH is 1. The summed E-state index contributed by atoms with van der Waals surface area (Å²) in [7, 11) is 0. The van der Waals surface area contributed by atoms with E-state index in [9.17, 15) is 15.0 Å². The van der Waals surface area contributed by atoms with Crippen LogP contribution < -0.4 is 0 Å². The van der Waals surface area contributed by atoms with Gasteiger partial charge in [-0.05, 0) is 46.5 Å². The van der Waals surface area contributed by atoms with E-state index in [1.165, 1.54) is 0 Å². The molecule has 6 heteroatoms. The summed E-state index contributed by atoms with van der Waals surface area (Å²) < 4.78 is 10.8. The first-order chi connectivity index (χ1) is 10.7. The van der Waals surface area contributed by atoms with Crippen LogP contribution >= 0.6 is 0 Å². The minimum Gasteiger partial charge on any atom is -0.460 e. The molecular formula is C17H31NO5. The molecule has 2 aliphatic rings. The predicted octanol–water partition coefficient (Wildman–Crippen LogP) is 0.942. The average Bonchev–Trinajstić information content (AvgIpc) is 2.61. The van der Waals surface area contributed by atoms with Crippen molar-refractivity contribution < 1.29 is 24.5 Å². The second kappa shape index (κ2) is 7.47. The largest absolute Gasteiger partial charge is 0.460 e. The van der Waals surface area contributed by atoms with Crippen LogP contribution in [0.2, 0.25) is 0 Å². The lowest BCUT2D eigenvalue weighted by atomic mass is 9.78. The smallest absolute Gasteiger partial charge is 0.309 e. The fraction of sp³-hybridized carbons (Fsp3) is 0.941. The lowest BCUT2D eigenvalue weighted by Crippen LogP contribution is -2.48. The number of carbonyl (C=O) groups excluding carboxylic acids is 1. The van der Waals surface area contributed by atoms with Crippen LogP contribution in [0.5, 0.6) is 0 Å². The van der Waals surface area contributed by atoms with Crippen LogP contribution in [0.25, 0.3) is 0 Å². The summed E-state index contributed by atoms with van der Waals surface area (Å²) >= 11 is 0. The standard InChI is InChI=1S/C17H31NO5/c1-16(2,3)23-15(20)13-4-6-17(21,7-5-13)12-18-8-9-22-11-14(19)10-18/h13-14,19,21H,4-12H2,1-3H3. The summed E-state index contributed by atoms with van der Waals surface area (Å²) in [5, 5.41) is 20.6. The number of ether oxygens (including phenoxy) is 2. The van der Waals surface area contributed by atoms with Gasteiger partial charge in [0.1, 0.15) is 5.60 Å². The van der Waals surface area contributed by atoms with E-state index in [-0.39, 0.29) is 11.9 Å². The molecule has 0 aromatic heterocycles. The molecule has 0 radical (unpaired) electrons. The Bertz CT molecular complexity index is 398. The first kappa shape index (κ1) is 18.6.